The van der Waals surface area contributed by atoms with Gasteiger partial charge >= 0.3 is 0 Å². The molecule has 4 rings (SSSR count). The molecule has 0 N–H and O–H groups in total. The molecule has 0 radical (unpaired) electrons. The van der Waals surface area contributed by atoms with Gasteiger partial charge in [-0.1, -0.05) is 29.5 Å². The van der Waals surface area contributed by atoms with E-state index in [2.05, 4.69) is 27.3 Å². The van der Waals surface area contributed by atoms with Crippen molar-refractivity contribution >= 4 is 5.91 Å². The average Bonchev–Trinajstić information content (AvgIpc) is 3.34. The minimum atomic E-state index is 0.171. The molecule has 0 spiro atoms. The van der Waals surface area contributed by atoms with Crippen LogP contribution in [0.2, 0.25) is 0 Å². The third kappa shape index (κ3) is 4.91. The molecule has 0 bridgehead atoms. The van der Waals surface area contributed by atoms with E-state index in [1.54, 1.807) is 17.1 Å². The highest BCUT2D eigenvalue weighted by molar-refractivity contribution is 5.79. The number of hydrogen-bond acceptors (Lipinski definition) is 5. The minimum Gasteiger partial charge on any atom is -0.340 e. The molecule has 1 aliphatic heterocycles. The van der Waals surface area contributed by atoms with Crippen LogP contribution in [0, 0.1) is 11.3 Å². The first-order valence-corrected chi connectivity index (χ1v) is 10.2. The summed E-state index contributed by atoms with van der Waals surface area (Å²) < 4.78 is 1.70. The summed E-state index contributed by atoms with van der Waals surface area (Å²) in [4.78, 5) is 17.0. The third-order valence-corrected chi connectivity index (χ3v) is 5.48. The van der Waals surface area contributed by atoms with Crippen LogP contribution in [-0.4, -0.2) is 63.4 Å². The number of hydrogen-bond donors (Lipinski definition) is 0. The smallest absolute Gasteiger partial charge is 0.227 e. The number of benzene rings is 2. The molecule has 1 fully saturated rings. The van der Waals surface area contributed by atoms with Crippen LogP contribution in [0.25, 0.3) is 5.69 Å². The Kier molecular flexibility index (Phi) is 6.16. The van der Waals surface area contributed by atoms with Gasteiger partial charge in [-0.25, -0.2) is 4.68 Å². The van der Waals surface area contributed by atoms with Gasteiger partial charge in [0.1, 0.15) is 0 Å². The molecule has 2 heterocycles. The molecule has 1 saturated heterocycles. The van der Waals surface area contributed by atoms with Gasteiger partial charge in [0, 0.05) is 32.7 Å². The van der Waals surface area contributed by atoms with E-state index in [1.165, 1.54) is 5.56 Å². The van der Waals surface area contributed by atoms with Gasteiger partial charge in [0.25, 0.3) is 0 Å². The Morgan fingerprint density at radius 1 is 1.03 bits per heavy atom. The first kappa shape index (κ1) is 19.8. The number of carbonyl (C=O) groups excluding carboxylic acids is 1. The molecule has 0 atom stereocenters. The maximum atomic E-state index is 12.7. The summed E-state index contributed by atoms with van der Waals surface area (Å²) in [7, 11) is 0. The minimum absolute atomic E-state index is 0.171. The predicted molar refractivity (Wildman–Crippen MR) is 113 cm³/mol. The average molecular weight is 400 g/mol. The number of rotatable bonds is 6. The van der Waals surface area contributed by atoms with E-state index in [0.29, 0.717) is 12.0 Å². The zero-order chi connectivity index (χ0) is 20.8. The Morgan fingerprint density at radius 2 is 1.83 bits per heavy atom. The van der Waals surface area contributed by atoms with Gasteiger partial charge in [0.2, 0.25) is 5.91 Å². The Bertz CT molecular complexity index is 1010. The van der Waals surface area contributed by atoms with Crippen molar-refractivity contribution in [3.05, 3.63) is 77.6 Å². The lowest BCUT2D eigenvalue weighted by molar-refractivity contribution is -0.132. The third-order valence-electron chi connectivity index (χ3n) is 5.48. The van der Waals surface area contributed by atoms with Gasteiger partial charge in [-0.2, -0.15) is 5.26 Å². The largest absolute Gasteiger partial charge is 0.340 e. The Hall–Kier alpha value is -3.50. The maximum Gasteiger partial charge on any atom is 0.227 e. The molecule has 152 valence electrons. The monoisotopic (exact) mass is 400 g/mol. The van der Waals surface area contributed by atoms with Gasteiger partial charge < -0.3 is 4.90 Å². The summed E-state index contributed by atoms with van der Waals surface area (Å²) in [6.07, 6.45) is 4.76. The second-order valence-corrected chi connectivity index (χ2v) is 7.48. The van der Waals surface area contributed by atoms with Crippen molar-refractivity contribution in [3.8, 4) is 11.8 Å². The van der Waals surface area contributed by atoms with E-state index in [1.807, 2.05) is 47.4 Å². The molecule has 30 heavy (non-hydrogen) atoms. The Morgan fingerprint density at radius 3 is 2.53 bits per heavy atom. The highest BCUT2D eigenvalue weighted by Gasteiger charge is 2.21. The van der Waals surface area contributed by atoms with Crippen molar-refractivity contribution in [3.63, 3.8) is 0 Å². The molecule has 1 amide bonds. The number of nitriles is 1. The topological polar surface area (TPSA) is 78.0 Å². The van der Waals surface area contributed by atoms with Crippen molar-refractivity contribution in [2.24, 2.45) is 0 Å². The summed E-state index contributed by atoms with van der Waals surface area (Å²) in [5, 5.41) is 16.8. The lowest BCUT2D eigenvalue weighted by atomic mass is 10.1. The van der Waals surface area contributed by atoms with Gasteiger partial charge in [0.15, 0.2) is 0 Å². The predicted octanol–water partition coefficient (Wildman–Crippen LogP) is 2.07. The van der Waals surface area contributed by atoms with E-state index < -0.39 is 0 Å². The van der Waals surface area contributed by atoms with Crippen molar-refractivity contribution < 1.29 is 4.79 Å². The highest BCUT2D eigenvalue weighted by atomic mass is 16.2. The van der Waals surface area contributed by atoms with E-state index in [9.17, 15) is 4.79 Å². The first-order chi connectivity index (χ1) is 14.7. The first-order valence-electron chi connectivity index (χ1n) is 10.2. The Balaban J connectivity index is 1.23. The van der Waals surface area contributed by atoms with Crippen molar-refractivity contribution in [2.45, 2.75) is 12.8 Å². The zero-order valence-corrected chi connectivity index (χ0v) is 16.8. The number of aromatic nitrogens is 3. The number of amides is 1. The molecule has 1 aromatic heterocycles. The van der Waals surface area contributed by atoms with E-state index in [0.717, 1.165) is 50.4 Å². The molecule has 0 aliphatic carbocycles. The fourth-order valence-electron chi connectivity index (χ4n) is 3.70. The lowest BCUT2D eigenvalue weighted by Crippen LogP contribution is -2.49. The van der Waals surface area contributed by atoms with Crippen molar-refractivity contribution in [2.75, 3.05) is 32.7 Å². The van der Waals surface area contributed by atoms with E-state index in [4.69, 9.17) is 5.26 Å². The highest BCUT2D eigenvalue weighted by Crippen LogP contribution is 2.12. The van der Waals surface area contributed by atoms with Crippen molar-refractivity contribution in [1.82, 2.24) is 24.8 Å². The summed E-state index contributed by atoms with van der Waals surface area (Å²) in [5.41, 5.74) is 3.82. The van der Waals surface area contributed by atoms with Crippen LogP contribution in [-0.2, 0) is 17.6 Å². The maximum absolute atomic E-state index is 12.7. The van der Waals surface area contributed by atoms with Gasteiger partial charge in [-0.15, -0.1) is 5.10 Å². The van der Waals surface area contributed by atoms with Crippen LogP contribution >= 0.6 is 0 Å². The molecule has 1 aliphatic rings. The van der Waals surface area contributed by atoms with Crippen LogP contribution in [0.15, 0.2) is 60.9 Å². The van der Waals surface area contributed by atoms with Crippen LogP contribution in [0.1, 0.15) is 16.7 Å². The normalized spacial score (nSPS) is 14.4. The summed E-state index contributed by atoms with van der Waals surface area (Å²) in [6.45, 7) is 4.23. The fraction of sp³-hybridized carbons (Fsp3) is 0.304. The van der Waals surface area contributed by atoms with Gasteiger partial charge in [0.05, 0.1) is 36.1 Å². The van der Waals surface area contributed by atoms with Crippen LogP contribution in [0.3, 0.4) is 0 Å². The molecule has 0 unspecified atom stereocenters. The summed E-state index contributed by atoms with van der Waals surface area (Å²) >= 11 is 0. The number of piperazine rings is 1. The van der Waals surface area contributed by atoms with Crippen LogP contribution < -0.4 is 0 Å². The lowest BCUT2D eigenvalue weighted by Gasteiger charge is -2.34. The molecular weight excluding hydrogens is 376 g/mol. The number of carbonyl (C=O) groups is 1. The molecule has 3 aromatic rings. The molecule has 7 heteroatoms. The van der Waals surface area contributed by atoms with Crippen LogP contribution in [0.4, 0.5) is 0 Å². The van der Waals surface area contributed by atoms with Gasteiger partial charge in [-0.3, -0.25) is 9.69 Å². The zero-order valence-electron chi connectivity index (χ0n) is 16.8. The summed E-state index contributed by atoms with van der Waals surface area (Å²) in [5.74, 6) is 0.171. The fourth-order valence-corrected chi connectivity index (χ4v) is 3.70. The standard InChI is InChI=1S/C23H24N6O/c24-18-21-3-1-2-19(16-21)8-10-27-12-14-28(15-13-27)23(30)17-20-4-6-22(7-5-20)29-11-9-25-26-29/h1-7,9,11,16H,8,10,12-15,17H2. The molecule has 2 aromatic carbocycles. The molecule has 7 nitrogen and oxygen atoms in total. The SMILES string of the molecule is N#Cc1cccc(CCN2CCN(C(=O)Cc3ccc(-n4ccnn4)cc3)CC2)c1. The second-order valence-electron chi connectivity index (χ2n) is 7.48. The molecular formula is C23H24N6O. The van der Waals surface area contributed by atoms with Crippen molar-refractivity contribution in [1.29, 1.82) is 5.26 Å². The molecule has 0 saturated carbocycles. The Labute approximate surface area is 176 Å². The van der Waals surface area contributed by atoms with Crippen LogP contribution in [0.5, 0.6) is 0 Å². The van der Waals surface area contributed by atoms with E-state index >= 15 is 0 Å². The second kappa shape index (κ2) is 9.33. The number of nitrogens with zero attached hydrogens (tertiary/aromatic N) is 6. The van der Waals surface area contributed by atoms with Gasteiger partial charge in [-0.05, 0) is 41.8 Å². The quantitative estimate of drug-likeness (QED) is 0.633. The summed E-state index contributed by atoms with van der Waals surface area (Å²) in [6, 6.07) is 17.8. The van der Waals surface area contributed by atoms with E-state index in [-0.39, 0.29) is 5.91 Å².